The molecule has 3 rings (SSSR count). The van der Waals surface area contributed by atoms with Gasteiger partial charge in [-0.3, -0.25) is 14.4 Å². The molecule has 0 spiro atoms. The number of nitrogens with one attached hydrogen (secondary N) is 1. The van der Waals surface area contributed by atoms with Crippen LogP contribution < -0.4 is 5.32 Å². The Morgan fingerprint density at radius 1 is 1.03 bits per heavy atom. The van der Waals surface area contributed by atoms with E-state index in [2.05, 4.69) is 10.4 Å². The van der Waals surface area contributed by atoms with E-state index in [9.17, 15) is 14.4 Å². The van der Waals surface area contributed by atoms with Crippen molar-refractivity contribution in [1.29, 1.82) is 0 Å². The molecule has 0 unspecified atom stereocenters. The molecule has 1 heterocycles. The standard InChI is InChI=1S/C23H26N4O3/c1-17-8-10-19(11-9-17)24-21(28)16-26(2)22(29)12-13-23(30)27-15-14-20(25-27)18-6-4-3-5-7-18/h3-11H,12-16H2,1-2H3,(H,24,28). The number of anilines is 1. The maximum atomic E-state index is 12.4. The Labute approximate surface area is 176 Å². The van der Waals surface area contributed by atoms with Gasteiger partial charge in [0.25, 0.3) is 0 Å². The van der Waals surface area contributed by atoms with E-state index in [0.29, 0.717) is 18.7 Å². The predicted molar refractivity (Wildman–Crippen MR) is 116 cm³/mol. The van der Waals surface area contributed by atoms with Crippen LogP contribution in [0.2, 0.25) is 0 Å². The summed E-state index contributed by atoms with van der Waals surface area (Å²) in [6.07, 6.45) is 0.803. The molecule has 2 aromatic carbocycles. The number of aryl methyl sites for hydroxylation is 1. The lowest BCUT2D eigenvalue weighted by atomic mass is 10.1. The molecular formula is C23H26N4O3. The maximum Gasteiger partial charge on any atom is 0.243 e. The summed E-state index contributed by atoms with van der Waals surface area (Å²) in [5.41, 5.74) is 3.66. The lowest BCUT2D eigenvalue weighted by Crippen LogP contribution is -2.35. The quantitative estimate of drug-likeness (QED) is 0.768. The first-order valence-corrected chi connectivity index (χ1v) is 9.96. The summed E-state index contributed by atoms with van der Waals surface area (Å²) in [5.74, 6) is -0.724. The maximum absolute atomic E-state index is 12.4. The number of carbonyl (C=O) groups is 3. The molecule has 3 amide bonds. The molecule has 0 aliphatic carbocycles. The highest BCUT2D eigenvalue weighted by molar-refractivity contribution is 6.02. The van der Waals surface area contributed by atoms with Crippen LogP contribution in [0.25, 0.3) is 0 Å². The van der Waals surface area contributed by atoms with Gasteiger partial charge in [-0.15, -0.1) is 0 Å². The number of hydrazone groups is 1. The van der Waals surface area contributed by atoms with Crippen molar-refractivity contribution in [2.45, 2.75) is 26.2 Å². The SMILES string of the molecule is Cc1ccc(NC(=O)CN(C)C(=O)CCC(=O)N2CCC(c3ccccc3)=N2)cc1. The molecule has 1 N–H and O–H groups in total. The van der Waals surface area contributed by atoms with Crippen LogP contribution in [0.4, 0.5) is 5.69 Å². The van der Waals surface area contributed by atoms with Crippen LogP contribution in [-0.4, -0.2) is 53.5 Å². The molecule has 0 radical (unpaired) electrons. The van der Waals surface area contributed by atoms with E-state index in [-0.39, 0.29) is 37.1 Å². The van der Waals surface area contributed by atoms with Gasteiger partial charge >= 0.3 is 0 Å². The molecule has 0 bridgehead atoms. The fourth-order valence-electron chi connectivity index (χ4n) is 3.15. The third kappa shape index (κ3) is 5.76. The normalized spacial score (nSPS) is 13.0. The van der Waals surface area contributed by atoms with Gasteiger partial charge in [0, 0.05) is 32.0 Å². The van der Waals surface area contributed by atoms with Crippen molar-refractivity contribution < 1.29 is 14.4 Å². The van der Waals surface area contributed by atoms with Crippen molar-refractivity contribution in [3.63, 3.8) is 0 Å². The van der Waals surface area contributed by atoms with Crippen molar-refractivity contribution >= 4 is 29.1 Å². The molecule has 2 aromatic rings. The van der Waals surface area contributed by atoms with E-state index in [0.717, 1.165) is 16.8 Å². The van der Waals surface area contributed by atoms with E-state index in [1.807, 2.05) is 61.5 Å². The van der Waals surface area contributed by atoms with Gasteiger partial charge in [0.1, 0.15) is 0 Å². The van der Waals surface area contributed by atoms with E-state index < -0.39 is 0 Å². The molecule has 0 saturated carbocycles. The number of benzene rings is 2. The van der Waals surface area contributed by atoms with E-state index >= 15 is 0 Å². The number of amides is 3. The number of nitrogens with zero attached hydrogens (tertiary/aromatic N) is 3. The first-order chi connectivity index (χ1) is 14.4. The molecule has 0 aromatic heterocycles. The molecule has 7 heteroatoms. The molecule has 7 nitrogen and oxygen atoms in total. The predicted octanol–water partition coefficient (Wildman–Crippen LogP) is 2.81. The molecule has 156 valence electrons. The zero-order valence-electron chi connectivity index (χ0n) is 17.3. The van der Waals surface area contributed by atoms with Gasteiger partial charge in [-0.25, -0.2) is 5.01 Å². The first kappa shape index (κ1) is 21.2. The van der Waals surface area contributed by atoms with Crippen molar-refractivity contribution in [3.8, 4) is 0 Å². The molecule has 30 heavy (non-hydrogen) atoms. The van der Waals surface area contributed by atoms with Gasteiger partial charge in [0.15, 0.2) is 0 Å². The minimum absolute atomic E-state index is 0.0415. The Kier molecular flexibility index (Phi) is 6.95. The van der Waals surface area contributed by atoms with Gasteiger partial charge in [-0.1, -0.05) is 48.0 Å². The largest absolute Gasteiger partial charge is 0.336 e. The zero-order chi connectivity index (χ0) is 21.5. The summed E-state index contributed by atoms with van der Waals surface area (Å²) in [7, 11) is 1.56. The minimum atomic E-state index is -0.280. The van der Waals surface area contributed by atoms with Gasteiger partial charge < -0.3 is 10.2 Å². The Morgan fingerprint density at radius 2 is 1.73 bits per heavy atom. The van der Waals surface area contributed by atoms with Crippen molar-refractivity contribution in [2.75, 3.05) is 25.5 Å². The van der Waals surface area contributed by atoms with Crippen LogP contribution in [0.15, 0.2) is 59.7 Å². The molecule has 0 fully saturated rings. The van der Waals surface area contributed by atoms with Crippen LogP contribution in [0.1, 0.15) is 30.4 Å². The molecule has 1 aliphatic rings. The Balaban J connectivity index is 1.44. The number of hydrogen-bond donors (Lipinski definition) is 1. The highest BCUT2D eigenvalue weighted by atomic mass is 16.2. The fourth-order valence-corrected chi connectivity index (χ4v) is 3.15. The lowest BCUT2D eigenvalue weighted by Gasteiger charge is -2.17. The van der Waals surface area contributed by atoms with Crippen LogP contribution in [0.5, 0.6) is 0 Å². The molecular weight excluding hydrogens is 380 g/mol. The molecule has 0 saturated heterocycles. The van der Waals surface area contributed by atoms with Crippen LogP contribution in [0.3, 0.4) is 0 Å². The van der Waals surface area contributed by atoms with E-state index in [1.54, 1.807) is 7.05 Å². The third-order valence-electron chi connectivity index (χ3n) is 4.89. The Bertz CT molecular complexity index is 939. The minimum Gasteiger partial charge on any atom is -0.336 e. The summed E-state index contributed by atoms with van der Waals surface area (Å²) in [6, 6.07) is 17.2. The number of rotatable bonds is 7. The monoisotopic (exact) mass is 406 g/mol. The summed E-state index contributed by atoms with van der Waals surface area (Å²) in [5, 5.41) is 8.58. The van der Waals surface area contributed by atoms with Crippen LogP contribution >= 0.6 is 0 Å². The van der Waals surface area contributed by atoms with Gasteiger partial charge in [-0.2, -0.15) is 5.10 Å². The van der Waals surface area contributed by atoms with E-state index in [1.165, 1.54) is 9.91 Å². The zero-order valence-corrected chi connectivity index (χ0v) is 17.3. The average molecular weight is 406 g/mol. The number of likely N-dealkylation sites (N-methyl/N-ethyl adjacent to an activating group) is 1. The fraction of sp³-hybridized carbons (Fsp3) is 0.304. The second kappa shape index (κ2) is 9.82. The summed E-state index contributed by atoms with van der Waals surface area (Å²) < 4.78 is 0. The Hall–Kier alpha value is -3.48. The summed E-state index contributed by atoms with van der Waals surface area (Å²) in [4.78, 5) is 38.2. The molecule has 1 aliphatic heterocycles. The Morgan fingerprint density at radius 3 is 2.43 bits per heavy atom. The second-order valence-corrected chi connectivity index (χ2v) is 7.34. The van der Waals surface area contributed by atoms with Crippen molar-refractivity contribution in [2.24, 2.45) is 5.10 Å². The second-order valence-electron chi connectivity index (χ2n) is 7.34. The lowest BCUT2D eigenvalue weighted by molar-refractivity contribution is -0.137. The van der Waals surface area contributed by atoms with Crippen LogP contribution in [-0.2, 0) is 14.4 Å². The highest BCUT2D eigenvalue weighted by Crippen LogP contribution is 2.15. The average Bonchev–Trinajstić information content (AvgIpc) is 3.24. The van der Waals surface area contributed by atoms with Gasteiger partial charge in [0.2, 0.25) is 17.7 Å². The van der Waals surface area contributed by atoms with Gasteiger partial charge in [-0.05, 0) is 24.6 Å². The summed E-state index contributed by atoms with van der Waals surface area (Å²) >= 11 is 0. The molecule has 0 atom stereocenters. The van der Waals surface area contributed by atoms with Crippen molar-refractivity contribution in [1.82, 2.24) is 9.91 Å². The number of carbonyl (C=O) groups excluding carboxylic acids is 3. The smallest absolute Gasteiger partial charge is 0.243 e. The first-order valence-electron chi connectivity index (χ1n) is 9.96. The highest BCUT2D eigenvalue weighted by Gasteiger charge is 2.23. The van der Waals surface area contributed by atoms with E-state index in [4.69, 9.17) is 0 Å². The van der Waals surface area contributed by atoms with Crippen molar-refractivity contribution in [3.05, 3.63) is 65.7 Å². The third-order valence-corrected chi connectivity index (χ3v) is 4.89. The summed E-state index contributed by atoms with van der Waals surface area (Å²) in [6.45, 7) is 2.42. The van der Waals surface area contributed by atoms with Crippen LogP contribution in [0, 0.1) is 6.92 Å². The topological polar surface area (TPSA) is 82.1 Å². The number of hydrogen-bond acceptors (Lipinski definition) is 4. The van der Waals surface area contributed by atoms with Gasteiger partial charge in [0.05, 0.1) is 18.8 Å².